The van der Waals surface area contributed by atoms with Crippen LogP contribution in [0.1, 0.15) is 15.7 Å². The topological polar surface area (TPSA) is 58.9 Å². The van der Waals surface area contributed by atoms with E-state index in [0.717, 1.165) is 11.1 Å². The van der Waals surface area contributed by atoms with E-state index >= 15 is 0 Å². The maximum absolute atomic E-state index is 9.10. The van der Waals surface area contributed by atoms with E-state index in [1.807, 2.05) is 42.5 Å². The Balaban J connectivity index is 2.09. The van der Waals surface area contributed by atoms with E-state index in [2.05, 4.69) is 0 Å². The van der Waals surface area contributed by atoms with Crippen molar-refractivity contribution < 1.29 is 19.7 Å². The molecule has 0 fully saturated rings. The summed E-state index contributed by atoms with van der Waals surface area (Å²) in [6.07, 6.45) is 0. The van der Waals surface area contributed by atoms with Gasteiger partial charge in [-0.2, -0.15) is 0 Å². The highest BCUT2D eigenvalue weighted by Crippen LogP contribution is 2.42. The Morgan fingerprint density at radius 2 is 1.62 bits per heavy atom. The molecule has 0 unspecified atom stereocenters. The summed E-state index contributed by atoms with van der Waals surface area (Å²) in [6.45, 7) is 0.676. The van der Waals surface area contributed by atoms with Crippen LogP contribution < -0.4 is 9.47 Å². The van der Waals surface area contributed by atoms with Gasteiger partial charge in [0, 0.05) is 16.5 Å². The fourth-order valence-electron chi connectivity index (χ4n) is 2.25. The molecule has 0 aliphatic rings. The first-order valence-electron chi connectivity index (χ1n) is 8.18. The molecule has 0 aliphatic heterocycles. The van der Waals surface area contributed by atoms with E-state index in [1.165, 1.54) is 0 Å². The highest BCUT2D eigenvalue weighted by molar-refractivity contribution is 8.16. The van der Waals surface area contributed by atoms with Crippen LogP contribution in [0.25, 0.3) is 0 Å². The van der Waals surface area contributed by atoms with Crippen LogP contribution in [0.5, 0.6) is 11.5 Å². The lowest BCUT2D eigenvalue weighted by atomic mass is 10.2. The van der Waals surface area contributed by atoms with E-state index < -0.39 is 0 Å². The van der Waals surface area contributed by atoms with Gasteiger partial charge in [-0.25, -0.2) is 0 Å². The van der Waals surface area contributed by atoms with Gasteiger partial charge in [0.25, 0.3) is 0 Å². The molecule has 0 saturated carbocycles. The zero-order valence-corrected chi connectivity index (χ0v) is 16.9. The third-order valence-electron chi connectivity index (χ3n) is 3.49. The number of aliphatic hydroxyl groups excluding tert-OH is 2. The molecule has 0 bridgehead atoms. The van der Waals surface area contributed by atoms with Crippen molar-refractivity contribution in [3.63, 3.8) is 0 Å². The molecule has 0 saturated heterocycles. The summed E-state index contributed by atoms with van der Waals surface area (Å²) in [5.74, 6) is 2.61. The van der Waals surface area contributed by atoms with Crippen LogP contribution in [0, 0.1) is 0 Å². The van der Waals surface area contributed by atoms with Gasteiger partial charge in [-0.1, -0.05) is 29.8 Å². The molecule has 0 heterocycles. The molecular weight excluding hydrogens is 392 g/mol. The SMILES string of the molecule is COc1cc(C(SCCO)SCCO)ccc1OCc1ccc(Cl)cc1. The maximum Gasteiger partial charge on any atom is 0.161 e. The summed E-state index contributed by atoms with van der Waals surface area (Å²) in [4.78, 5) is 0. The lowest BCUT2D eigenvalue weighted by molar-refractivity contribution is 0.284. The molecule has 0 aromatic heterocycles. The van der Waals surface area contributed by atoms with Gasteiger partial charge in [0.05, 0.1) is 24.9 Å². The third-order valence-corrected chi connectivity index (χ3v) is 6.54. The summed E-state index contributed by atoms with van der Waals surface area (Å²) >= 11 is 9.19. The van der Waals surface area contributed by atoms with E-state index in [9.17, 15) is 0 Å². The molecule has 2 N–H and O–H groups in total. The zero-order chi connectivity index (χ0) is 18.8. The molecule has 2 aromatic rings. The van der Waals surface area contributed by atoms with E-state index in [-0.39, 0.29) is 17.8 Å². The fraction of sp³-hybridized carbons (Fsp3) is 0.368. The van der Waals surface area contributed by atoms with Crippen molar-refractivity contribution in [2.24, 2.45) is 0 Å². The highest BCUT2D eigenvalue weighted by atomic mass is 35.5. The number of thioether (sulfide) groups is 2. The molecule has 0 atom stereocenters. The number of rotatable bonds is 11. The van der Waals surface area contributed by atoms with Crippen LogP contribution in [0.15, 0.2) is 42.5 Å². The van der Waals surface area contributed by atoms with Gasteiger partial charge in [0.1, 0.15) is 6.61 Å². The van der Waals surface area contributed by atoms with Gasteiger partial charge in [-0.15, -0.1) is 23.5 Å². The van der Waals surface area contributed by atoms with Crippen molar-refractivity contribution in [2.75, 3.05) is 31.8 Å². The highest BCUT2D eigenvalue weighted by Gasteiger charge is 2.15. The van der Waals surface area contributed by atoms with E-state index in [4.69, 9.17) is 31.3 Å². The average molecular weight is 415 g/mol. The van der Waals surface area contributed by atoms with E-state index in [0.29, 0.717) is 34.6 Å². The summed E-state index contributed by atoms with van der Waals surface area (Å²) in [6, 6.07) is 13.4. The average Bonchev–Trinajstić information content (AvgIpc) is 2.67. The van der Waals surface area contributed by atoms with Crippen LogP contribution in [-0.2, 0) is 6.61 Å². The molecule has 2 rings (SSSR count). The third kappa shape index (κ3) is 6.59. The van der Waals surface area contributed by atoms with Crippen LogP contribution in [-0.4, -0.2) is 42.0 Å². The van der Waals surface area contributed by atoms with Crippen molar-refractivity contribution >= 4 is 35.1 Å². The van der Waals surface area contributed by atoms with Gasteiger partial charge in [0.2, 0.25) is 0 Å². The number of hydrogen-bond acceptors (Lipinski definition) is 6. The Morgan fingerprint density at radius 3 is 2.19 bits per heavy atom. The van der Waals surface area contributed by atoms with Crippen molar-refractivity contribution in [3.8, 4) is 11.5 Å². The number of hydrogen-bond donors (Lipinski definition) is 2. The minimum Gasteiger partial charge on any atom is -0.493 e. The molecule has 4 nitrogen and oxygen atoms in total. The Morgan fingerprint density at radius 1 is 0.962 bits per heavy atom. The van der Waals surface area contributed by atoms with Crippen LogP contribution in [0.4, 0.5) is 0 Å². The molecule has 0 radical (unpaired) electrons. The van der Waals surface area contributed by atoms with Gasteiger partial charge in [-0.3, -0.25) is 0 Å². The number of aliphatic hydroxyl groups is 2. The monoisotopic (exact) mass is 414 g/mol. The molecule has 0 aliphatic carbocycles. The zero-order valence-electron chi connectivity index (χ0n) is 14.6. The summed E-state index contributed by atoms with van der Waals surface area (Å²) in [5.41, 5.74) is 2.09. The summed E-state index contributed by atoms with van der Waals surface area (Å²) in [7, 11) is 1.62. The van der Waals surface area contributed by atoms with Gasteiger partial charge < -0.3 is 19.7 Å². The fourth-order valence-corrected chi connectivity index (χ4v) is 4.66. The minimum absolute atomic E-state index is 0.119. The molecule has 0 amide bonds. The second-order valence-corrected chi connectivity index (χ2v) is 8.51. The van der Waals surface area contributed by atoms with E-state index in [1.54, 1.807) is 30.6 Å². The van der Waals surface area contributed by atoms with Crippen molar-refractivity contribution in [1.29, 1.82) is 0 Å². The first-order chi connectivity index (χ1) is 12.7. The van der Waals surface area contributed by atoms with Gasteiger partial charge in [-0.05, 0) is 35.4 Å². The number of ether oxygens (including phenoxy) is 2. The van der Waals surface area contributed by atoms with Crippen LogP contribution >= 0.6 is 35.1 Å². The number of halogens is 1. The Labute approximate surface area is 167 Å². The molecular formula is C19H23ClO4S2. The first-order valence-corrected chi connectivity index (χ1v) is 10.7. The Kier molecular flexibility index (Phi) is 9.50. The molecule has 7 heteroatoms. The second-order valence-electron chi connectivity index (χ2n) is 5.35. The normalized spacial score (nSPS) is 11.0. The predicted molar refractivity (Wildman–Crippen MR) is 111 cm³/mol. The lowest BCUT2D eigenvalue weighted by Crippen LogP contribution is -2.01. The first kappa shape index (κ1) is 21.3. The maximum atomic E-state index is 9.10. The largest absolute Gasteiger partial charge is 0.493 e. The Hall–Kier alpha value is -1.05. The molecule has 26 heavy (non-hydrogen) atoms. The predicted octanol–water partition coefficient (Wildman–Crippen LogP) is 4.38. The lowest BCUT2D eigenvalue weighted by Gasteiger charge is -2.18. The standard InChI is InChI=1S/C19H23ClO4S2/c1-23-18-12-15(19(25-10-8-21)26-11-9-22)4-7-17(18)24-13-14-2-5-16(20)6-3-14/h2-7,12,19,21-22H,8-11,13H2,1H3. The minimum atomic E-state index is 0.119. The Bertz CT molecular complexity index is 659. The van der Waals surface area contributed by atoms with Gasteiger partial charge in [0.15, 0.2) is 11.5 Å². The smallest absolute Gasteiger partial charge is 0.161 e. The number of methoxy groups -OCH3 is 1. The molecule has 2 aromatic carbocycles. The van der Waals surface area contributed by atoms with Crippen molar-refractivity contribution in [2.45, 2.75) is 11.2 Å². The van der Waals surface area contributed by atoms with Crippen molar-refractivity contribution in [3.05, 3.63) is 58.6 Å². The van der Waals surface area contributed by atoms with Gasteiger partial charge >= 0.3 is 0 Å². The molecule has 0 spiro atoms. The number of benzene rings is 2. The van der Waals surface area contributed by atoms with Crippen LogP contribution in [0.2, 0.25) is 5.02 Å². The summed E-state index contributed by atoms with van der Waals surface area (Å²) < 4.78 is 11.5. The molecule has 142 valence electrons. The quantitative estimate of drug-likeness (QED) is 0.532. The van der Waals surface area contributed by atoms with Crippen LogP contribution in [0.3, 0.4) is 0 Å². The van der Waals surface area contributed by atoms with Crippen molar-refractivity contribution in [1.82, 2.24) is 0 Å². The second kappa shape index (κ2) is 11.6. The summed E-state index contributed by atoms with van der Waals surface area (Å²) in [5, 5.41) is 18.9.